The lowest BCUT2D eigenvalue weighted by Gasteiger charge is -2.34. The van der Waals surface area contributed by atoms with E-state index < -0.39 is 5.41 Å². The van der Waals surface area contributed by atoms with E-state index in [1.807, 2.05) is 4.90 Å². The number of hydrogen-bond acceptors (Lipinski definition) is 4. The highest BCUT2D eigenvalue weighted by Crippen LogP contribution is 2.49. The Labute approximate surface area is 156 Å². The molecule has 2 heterocycles. The van der Waals surface area contributed by atoms with Gasteiger partial charge in [0.25, 0.3) is 0 Å². The first-order valence-corrected chi connectivity index (χ1v) is 9.14. The number of benzene rings is 1. The second-order valence-corrected chi connectivity index (χ2v) is 7.32. The Bertz CT molecular complexity index is 785. The topological polar surface area (TPSA) is 55.3 Å². The molecular formula is C19H19ClFN3O2. The van der Waals surface area contributed by atoms with Crippen molar-refractivity contribution in [3.8, 4) is 6.01 Å². The van der Waals surface area contributed by atoms with Gasteiger partial charge in [-0.1, -0.05) is 23.7 Å². The average Bonchev–Trinajstić information content (AvgIpc) is 3.46. The van der Waals surface area contributed by atoms with Crippen LogP contribution < -0.4 is 4.74 Å². The van der Waals surface area contributed by atoms with Gasteiger partial charge in [-0.3, -0.25) is 4.79 Å². The Hall–Kier alpha value is -2.21. The lowest BCUT2D eigenvalue weighted by Crippen LogP contribution is -2.46. The Morgan fingerprint density at radius 3 is 2.35 bits per heavy atom. The van der Waals surface area contributed by atoms with Gasteiger partial charge < -0.3 is 9.64 Å². The summed E-state index contributed by atoms with van der Waals surface area (Å²) in [5, 5.41) is 0.466. The quantitative estimate of drug-likeness (QED) is 0.822. The molecule has 1 aliphatic heterocycles. The molecule has 1 aliphatic carbocycles. The molecule has 0 spiro atoms. The predicted molar refractivity (Wildman–Crippen MR) is 94.6 cm³/mol. The average molecular weight is 376 g/mol. The van der Waals surface area contributed by atoms with E-state index in [1.165, 1.54) is 24.5 Å². The molecule has 1 aromatic carbocycles. The van der Waals surface area contributed by atoms with Crippen LogP contribution in [-0.4, -0.2) is 40.0 Å². The number of halogens is 2. The molecule has 136 valence electrons. The van der Waals surface area contributed by atoms with E-state index in [4.69, 9.17) is 16.3 Å². The summed E-state index contributed by atoms with van der Waals surface area (Å²) in [5.41, 5.74) is 0.456. The summed E-state index contributed by atoms with van der Waals surface area (Å²) in [5.74, 6) is -0.135. The summed E-state index contributed by atoms with van der Waals surface area (Å²) in [4.78, 5) is 23.0. The number of hydrogen-bond donors (Lipinski definition) is 0. The van der Waals surface area contributed by atoms with Gasteiger partial charge in [0.1, 0.15) is 11.9 Å². The SMILES string of the molecule is O=C(N1CCC(Oc2ncc(Cl)cn2)CC1)C1(c2ccc(F)cc2)CC1. The Morgan fingerprint density at radius 2 is 1.77 bits per heavy atom. The van der Waals surface area contributed by atoms with Crippen molar-refractivity contribution in [1.29, 1.82) is 0 Å². The first kappa shape index (κ1) is 17.2. The normalized spacial score (nSPS) is 19.2. The highest BCUT2D eigenvalue weighted by molar-refractivity contribution is 6.30. The third-order valence-electron chi connectivity index (χ3n) is 5.15. The molecule has 2 aromatic rings. The maximum atomic E-state index is 13.2. The Balaban J connectivity index is 1.36. The number of amides is 1. The van der Waals surface area contributed by atoms with Gasteiger partial charge in [0.2, 0.25) is 5.91 Å². The molecule has 1 amide bonds. The number of aromatic nitrogens is 2. The molecule has 0 unspecified atom stereocenters. The molecule has 2 aliphatic rings. The predicted octanol–water partition coefficient (Wildman–Crippen LogP) is 3.37. The van der Waals surface area contributed by atoms with Crippen molar-refractivity contribution < 1.29 is 13.9 Å². The summed E-state index contributed by atoms with van der Waals surface area (Å²) in [6, 6.07) is 6.62. The summed E-state index contributed by atoms with van der Waals surface area (Å²) >= 11 is 5.77. The Kier molecular flexibility index (Phi) is 4.53. The van der Waals surface area contributed by atoms with Crippen LogP contribution >= 0.6 is 11.6 Å². The highest BCUT2D eigenvalue weighted by atomic mass is 35.5. The number of carbonyl (C=O) groups is 1. The van der Waals surface area contributed by atoms with Crippen LogP contribution in [0.15, 0.2) is 36.7 Å². The maximum Gasteiger partial charge on any atom is 0.316 e. The van der Waals surface area contributed by atoms with Crippen molar-refractivity contribution in [2.45, 2.75) is 37.2 Å². The van der Waals surface area contributed by atoms with Crippen LogP contribution in [0, 0.1) is 5.82 Å². The summed E-state index contributed by atoms with van der Waals surface area (Å²) in [6.45, 7) is 1.28. The van der Waals surface area contributed by atoms with Gasteiger partial charge in [0.05, 0.1) is 22.8 Å². The van der Waals surface area contributed by atoms with Crippen LogP contribution in [0.5, 0.6) is 6.01 Å². The minimum Gasteiger partial charge on any atom is -0.460 e. The zero-order valence-corrected chi connectivity index (χ0v) is 15.0. The fourth-order valence-electron chi connectivity index (χ4n) is 3.51. The first-order valence-electron chi connectivity index (χ1n) is 8.76. The molecule has 0 radical (unpaired) electrons. The summed E-state index contributed by atoms with van der Waals surface area (Å²) in [7, 11) is 0. The smallest absolute Gasteiger partial charge is 0.316 e. The third-order valence-corrected chi connectivity index (χ3v) is 5.35. The van der Waals surface area contributed by atoms with Gasteiger partial charge in [-0.05, 0) is 30.5 Å². The second-order valence-electron chi connectivity index (χ2n) is 6.88. The van der Waals surface area contributed by atoms with Crippen molar-refractivity contribution in [2.75, 3.05) is 13.1 Å². The van der Waals surface area contributed by atoms with Crippen LogP contribution in [0.2, 0.25) is 5.02 Å². The van der Waals surface area contributed by atoms with Crippen molar-refractivity contribution in [3.63, 3.8) is 0 Å². The maximum absolute atomic E-state index is 13.2. The third kappa shape index (κ3) is 3.38. The van der Waals surface area contributed by atoms with E-state index in [9.17, 15) is 9.18 Å². The molecule has 1 aromatic heterocycles. The van der Waals surface area contributed by atoms with E-state index >= 15 is 0 Å². The molecule has 1 saturated heterocycles. The summed E-state index contributed by atoms with van der Waals surface area (Å²) in [6.07, 6.45) is 6.11. The fourth-order valence-corrected chi connectivity index (χ4v) is 3.61. The molecule has 2 fully saturated rings. The number of likely N-dealkylation sites (tertiary alicyclic amines) is 1. The molecule has 26 heavy (non-hydrogen) atoms. The molecule has 7 heteroatoms. The minimum atomic E-state index is -0.458. The standard InChI is InChI=1S/C19H19ClFN3O2/c20-14-11-22-18(23-12-14)26-16-5-9-24(10-6-16)17(25)19(7-8-19)13-1-3-15(21)4-2-13/h1-4,11-12,16H,5-10H2. The zero-order chi connectivity index (χ0) is 18.1. The number of ether oxygens (including phenoxy) is 1. The zero-order valence-electron chi connectivity index (χ0n) is 14.2. The van der Waals surface area contributed by atoms with Gasteiger partial charge >= 0.3 is 6.01 Å². The second kappa shape index (κ2) is 6.83. The number of rotatable bonds is 4. The molecule has 0 atom stereocenters. The van der Waals surface area contributed by atoms with Gasteiger partial charge in [-0.2, -0.15) is 0 Å². The van der Waals surface area contributed by atoms with Crippen molar-refractivity contribution in [1.82, 2.24) is 14.9 Å². The van der Waals surface area contributed by atoms with Crippen LogP contribution in [0.25, 0.3) is 0 Å². The molecule has 0 N–H and O–H groups in total. The van der Waals surface area contributed by atoms with E-state index in [2.05, 4.69) is 9.97 Å². The highest BCUT2D eigenvalue weighted by Gasteiger charge is 2.53. The molecular weight excluding hydrogens is 357 g/mol. The fraction of sp³-hybridized carbons (Fsp3) is 0.421. The Morgan fingerprint density at radius 1 is 1.15 bits per heavy atom. The van der Waals surface area contributed by atoms with Crippen LogP contribution in [-0.2, 0) is 10.2 Å². The first-order chi connectivity index (χ1) is 12.6. The van der Waals surface area contributed by atoms with Crippen LogP contribution in [0.3, 0.4) is 0 Å². The molecule has 5 nitrogen and oxygen atoms in total. The van der Waals surface area contributed by atoms with Crippen LogP contribution in [0.4, 0.5) is 4.39 Å². The van der Waals surface area contributed by atoms with Crippen LogP contribution in [0.1, 0.15) is 31.2 Å². The van der Waals surface area contributed by atoms with Crippen molar-refractivity contribution in [2.24, 2.45) is 0 Å². The number of carbonyl (C=O) groups excluding carboxylic acids is 1. The lowest BCUT2D eigenvalue weighted by atomic mass is 9.93. The minimum absolute atomic E-state index is 0.0128. The van der Waals surface area contributed by atoms with Crippen molar-refractivity contribution >= 4 is 17.5 Å². The van der Waals surface area contributed by atoms with E-state index in [-0.39, 0.29) is 17.8 Å². The molecule has 0 bridgehead atoms. The van der Waals surface area contributed by atoms with Gasteiger partial charge in [-0.15, -0.1) is 0 Å². The number of piperidine rings is 1. The van der Waals surface area contributed by atoms with E-state index in [0.717, 1.165) is 31.2 Å². The van der Waals surface area contributed by atoms with Gasteiger partial charge in [0.15, 0.2) is 0 Å². The van der Waals surface area contributed by atoms with Gasteiger partial charge in [0, 0.05) is 25.9 Å². The monoisotopic (exact) mass is 375 g/mol. The lowest BCUT2D eigenvalue weighted by molar-refractivity contribution is -0.135. The molecule has 4 rings (SSSR count). The number of nitrogens with zero attached hydrogens (tertiary/aromatic N) is 3. The van der Waals surface area contributed by atoms with Crippen molar-refractivity contribution in [3.05, 3.63) is 53.1 Å². The summed E-state index contributed by atoms with van der Waals surface area (Å²) < 4.78 is 18.9. The van der Waals surface area contributed by atoms with Gasteiger partial charge in [-0.25, -0.2) is 14.4 Å². The van der Waals surface area contributed by atoms with E-state index in [0.29, 0.717) is 24.1 Å². The van der Waals surface area contributed by atoms with E-state index in [1.54, 1.807) is 12.1 Å². The largest absolute Gasteiger partial charge is 0.460 e. The molecule has 1 saturated carbocycles.